The average molecular weight is 346 g/mol. The number of aromatic amines is 1. The molecule has 0 fully saturated rings. The molecule has 2 aromatic heterocycles. The summed E-state index contributed by atoms with van der Waals surface area (Å²) >= 11 is 0. The first kappa shape index (κ1) is 15.8. The number of aromatic nitrogens is 3. The van der Waals surface area contributed by atoms with Gasteiger partial charge in [-0.2, -0.15) is 5.10 Å². The number of hydrogen-bond acceptors (Lipinski definition) is 5. The highest BCUT2D eigenvalue weighted by Crippen LogP contribution is 2.31. The van der Waals surface area contributed by atoms with Gasteiger partial charge in [0.15, 0.2) is 5.76 Å². The molecule has 0 unspecified atom stereocenters. The lowest BCUT2D eigenvalue weighted by atomic mass is 10.0. The van der Waals surface area contributed by atoms with E-state index in [1.807, 2.05) is 48.7 Å². The highest BCUT2D eigenvalue weighted by atomic mass is 16.5. The standard InChI is InChI=1S/C19H14N4O3/c24-18(22-25)8-2-12-1-7-17-16(9-12)19(26-23-17)14-5-3-13(4-6-14)15-10-20-21-11-15/h1-11,25H,(H,20,21)(H,22,24)/b8-2+. The van der Waals surface area contributed by atoms with Gasteiger partial charge in [-0.15, -0.1) is 0 Å². The third-order valence-corrected chi connectivity index (χ3v) is 4.02. The van der Waals surface area contributed by atoms with Crippen molar-refractivity contribution in [2.45, 2.75) is 0 Å². The predicted molar refractivity (Wildman–Crippen MR) is 96.0 cm³/mol. The van der Waals surface area contributed by atoms with E-state index >= 15 is 0 Å². The van der Waals surface area contributed by atoms with Crippen LogP contribution < -0.4 is 5.48 Å². The van der Waals surface area contributed by atoms with Gasteiger partial charge in [-0.05, 0) is 29.3 Å². The summed E-state index contributed by atoms with van der Waals surface area (Å²) in [7, 11) is 0. The minimum absolute atomic E-state index is 0.592. The fraction of sp³-hybridized carbons (Fsp3) is 0. The summed E-state index contributed by atoms with van der Waals surface area (Å²) in [5, 5.41) is 20.2. The van der Waals surface area contributed by atoms with Crippen LogP contribution in [0, 0.1) is 0 Å². The number of fused-ring (bicyclic) bond motifs is 1. The number of hydrogen-bond donors (Lipinski definition) is 3. The lowest BCUT2D eigenvalue weighted by Gasteiger charge is -2.01. The number of nitrogens with one attached hydrogen (secondary N) is 2. The predicted octanol–water partition coefficient (Wildman–Crippen LogP) is 3.40. The number of hydroxylamine groups is 1. The summed E-state index contributed by atoms with van der Waals surface area (Å²) in [6.45, 7) is 0. The zero-order valence-corrected chi connectivity index (χ0v) is 13.5. The number of H-pyrrole nitrogens is 1. The quantitative estimate of drug-likeness (QED) is 0.298. The molecular formula is C19H14N4O3. The number of carbonyl (C=O) groups is 1. The molecule has 0 saturated carbocycles. The van der Waals surface area contributed by atoms with E-state index in [4.69, 9.17) is 9.73 Å². The minimum Gasteiger partial charge on any atom is -0.355 e. The van der Waals surface area contributed by atoms with Crippen LogP contribution in [0.25, 0.3) is 39.4 Å². The summed E-state index contributed by atoms with van der Waals surface area (Å²) in [4.78, 5) is 11.1. The van der Waals surface area contributed by atoms with Gasteiger partial charge in [0, 0.05) is 23.4 Å². The largest absolute Gasteiger partial charge is 0.355 e. The van der Waals surface area contributed by atoms with Crippen molar-refractivity contribution in [2.24, 2.45) is 0 Å². The van der Waals surface area contributed by atoms with E-state index < -0.39 is 5.91 Å². The van der Waals surface area contributed by atoms with Gasteiger partial charge < -0.3 is 4.52 Å². The van der Waals surface area contributed by atoms with E-state index in [1.165, 1.54) is 6.08 Å². The molecule has 0 spiro atoms. The highest BCUT2D eigenvalue weighted by molar-refractivity contribution is 5.95. The van der Waals surface area contributed by atoms with Crippen LogP contribution in [0.15, 0.2) is 65.5 Å². The molecule has 128 valence electrons. The molecular weight excluding hydrogens is 332 g/mol. The summed E-state index contributed by atoms with van der Waals surface area (Å²) < 4.78 is 5.52. The molecule has 0 aliphatic heterocycles. The Morgan fingerprint density at radius 1 is 1.12 bits per heavy atom. The Bertz CT molecular complexity index is 1080. The first-order chi connectivity index (χ1) is 12.7. The Kier molecular flexibility index (Phi) is 4.04. The second-order valence-corrected chi connectivity index (χ2v) is 5.66. The first-order valence-electron chi connectivity index (χ1n) is 7.86. The maximum atomic E-state index is 11.1. The molecule has 4 rings (SSSR count). The maximum absolute atomic E-state index is 11.1. The molecule has 0 bridgehead atoms. The zero-order chi connectivity index (χ0) is 17.9. The molecule has 2 heterocycles. The van der Waals surface area contributed by atoms with Crippen molar-refractivity contribution in [3.8, 4) is 22.5 Å². The third-order valence-electron chi connectivity index (χ3n) is 4.02. The van der Waals surface area contributed by atoms with Crippen LogP contribution >= 0.6 is 0 Å². The first-order valence-corrected chi connectivity index (χ1v) is 7.86. The van der Waals surface area contributed by atoms with Crippen molar-refractivity contribution in [3.63, 3.8) is 0 Å². The van der Waals surface area contributed by atoms with Crippen LogP contribution in [0.2, 0.25) is 0 Å². The monoisotopic (exact) mass is 346 g/mol. The lowest BCUT2D eigenvalue weighted by molar-refractivity contribution is -0.124. The van der Waals surface area contributed by atoms with E-state index in [-0.39, 0.29) is 0 Å². The molecule has 0 atom stereocenters. The van der Waals surface area contributed by atoms with Crippen LogP contribution in [0.1, 0.15) is 5.56 Å². The van der Waals surface area contributed by atoms with E-state index in [0.717, 1.165) is 33.2 Å². The van der Waals surface area contributed by atoms with Gasteiger partial charge in [0.1, 0.15) is 5.52 Å². The summed E-state index contributed by atoms with van der Waals surface area (Å²) in [6, 6.07) is 13.4. The van der Waals surface area contributed by atoms with Crippen LogP contribution in [0.4, 0.5) is 0 Å². The van der Waals surface area contributed by atoms with Crippen LogP contribution in [-0.4, -0.2) is 26.5 Å². The van der Waals surface area contributed by atoms with Gasteiger partial charge in [-0.25, -0.2) is 5.48 Å². The number of rotatable bonds is 4. The molecule has 7 heteroatoms. The smallest absolute Gasteiger partial charge is 0.267 e. The van der Waals surface area contributed by atoms with E-state index in [1.54, 1.807) is 17.8 Å². The van der Waals surface area contributed by atoms with E-state index in [2.05, 4.69) is 15.4 Å². The third kappa shape index (κ3) is 2.99. The van der Waals surface area contributed by atoms with Crippen LogP contribution in [0.5, 0.6) is 0 Å². The fourth-order valence-corrected chi connectivity index (χ4v) is 2.70. The molecule has 0 radical (unpaired) electrons. The SMILES string of the molecule is O=C(/C=C/c1ccc2noc(-c3ccc(-c4cn[nH]c4)cc3)c2c1)NO. The van der Waals surface area contributed by atoms with Gasteiger partial charge in [0.05, 0.1) is 11.6 Å². The normalized spacial score (nSPS) is 11.3. The van der Waals surface area contributed by atoms with Crippen LogP contribution in [0.3, 0.4) is 0 Å². The second-order valence-electron chi connectivity index (χ2n) is 5.66. The molecule has 4 aromatic rings. The van der Waals surface area contributed by atoms with Crippen molar-refractivity contribution < 1.29 is 14.5 Å². The van der Waals surface area contributed by atoms with Gasteiger partial charge in [0.2, 0.25) is 0 Å². The van der Waals surface area contributed by atoms with Crippen molar-refractivity contribution >= 4 is 22.9 Å². The van der Waals surface area contributed by atoms with Crippen molar-refractivity contribution in [1.82, 2.24) is 20.8 Å². The average Bonchev–Trinajstić information content (AvgIpc) is 3.36. The summed E-state index contributed by atoms with van der Waals surface area (Å²) in [6.07, 6.45) is 6.44. The number of amides is 1. The molecule has 0 aliphatic carbocycles. The van der Waals surface area contributed by atoms with Gasteiger partial charge in [-0.3, -0.25) is 15.1 Å². The fourth-order valence-electron chi connectivity index (χ4n) is 2.70. The van der Waals surface area contributed by atoms with E-state index in [9.17, 15) is 4.79 Å². The number of nitrogens with zero attached hydrogens (tertiary/aromatic N) is 2. The Labute approximate surface area is 147 Å². The molecule has 2 aromatic carbocycles. The molecule has 1 amide bonds. The Morgan fingerprint density at radius 3 is 2.65 bits per heavy atom. The molecule has 3 N–H and O–H groups in total. The number of benzene rings is 2. The van der Waals surface area contributed by atoms with Crippen molar-refractivity contribution in [3.05, 3.63) is 66.5 Å². The molecule has 26 heavy (non-hydrogen) atoms. The zero-order valence-electron chi connectivity index (χ0n) is 13.5. The van der Waals surface area contributed by atoms with Crippen molar-refractivity contribution in [2.75, 3.05) is 0 Å². The lowest BCUT2D eigenvalue weighted by Crippen LogP contribution is -2.14. The van der Waals surface area contributed by atoms with Gasteiger partial charge in [-0.1, -0.05) is 35.5 Å². The minimum atomic E-state index is -0.592. The Hall–Kier alpha value is -3.71. The van der Waals surface area contributed by atoms with Crippen molar-refractivity contribution in [1.29, 1.82) is 0 Å². The Balaban J connectivity index is 1.70. The Morgan fingerprint density at radius 2 is 1.92 bits per heavy atom. The van der Waals surface area contributed by atoms with Gasteiger partial charge >= 0.3 is 0 Å². The highest BCUT2D eigenvalue weighted by Gasteiger charge is 2.11. The molecule has 0 aliphatic rings. The van der Waals surface area contributed by atoms with Crippen LogP contribution in [-0.2, 0) is 4.79 Å². The maximum Gasteiger partial charge on any atom is 0.267 e. The number of carbonyl (C=O) groups excluding carboxylic acids is 1. The summed E-state index contributed by atoms with van der Waals surface area (Å²) in [5.74, 6) is 0.0612. The second kappa shape index (κ2) is 6.66. The molecule has 0 saturated heterocycles. The van der Waals surface area contributed by atoms with E-state index in [0.29, 0.717) is 5.76 Å². The molecule has 7 nitrogen and oxygen atoms in total. The topological polar surface area (TPSA) is 104 Å². The van der Waals surface area contributed by atoms with Gasteiger partial charge in [0.25, 0.3) is 5.91 Å². The summed E-state index contributed by atoms with van der Waals surface area (Å²) in [5.41, 5.74) is 6.03.